The molecule has 74 valence electrons. The van der Waals surface area contributed by atoms with E-state index in [2.05, 4.69) is 16.5 Å². The van der Waals surface area contributed by atoms with Crippen molar-refractivity contribution in [3.05, 3.63) is 18.0 Å². The monoisotopic (exact) mass is 190 g/mol. The molecule has 0 saturated carbocycles. The van der Waals surface area contributed by atoms with Crippen molar-refractivity contribution in [1.82, 2.24) is 15.1 Å². The molecular weight excluding hydrogens is 176 g/mol. The van der Waals surface area contributed by atoms with Gasteiger partial charge in [0.05, 0.1) is 24.7 Å². The van der Waals surface area contributed by atoms with Gasteiger partial charge in [-0.25, -0.2) is 0 Å². The largest absolute Gasteiger partial charge is 0.315 e. The molecule has 1 unspecified atom stereocenters. The van der Waals surface area contributed by atoms with Crippen molar-refractivity contribution in [3.8, 4) is 6.07 Å². The Bertz CT molecular complexity index is 330. The maximum atomic E-state index is 8.54. The lowest BCUT2D eigenvalue weighted by Crippen LogP contribution is -2.31. The highest BCUT2D eigenvalue weighted by Gasteiger charge is 2.15. The molecule has 0 spiro atoms. The quantitative estimate of drug-likeness (QED) is 0.753. The topological polar surface area (TPSA) is 53.6 Å². The molecule has 1 fully saturated rings. The van der Waals surface area contributed by atoms with Crippen LogP contribution in [-0.4, -0.2) is 22.9 Å². The maximum Gasteiger partial charge on any atom is 0.0670 e. The summed E-state index contributed by atoms with van der Waals surface area (Å²) in [5.74, 6) is 0. The van der Waals surface area contributed by atoms with Gasteiger partial charge in [-0.2, -0.15) is 10.4 Å². The summed E-state index contributed by atoms with van der Waals surface area (Å²) in [6.45, 7) is 2.11. The lowest BCUT2D eigenvalue weighted by atomic mass is 10.1. The summed E-state index contributed by atoms with van der Waals surface area (Å²) < 4.78 is 1.98. The van der Waals surface area contributed by atoms with Crippen LogP contribution in [0.15, 0.2) is 12.4 Å². The van der Waals surface area contributed by atoms with E-state index in [1.807, 2.05) is 10.9 Å². The molecule has 2 heterocycles. The van der Waals surface area contributed by atoms with Crippen LogP contribution in [-0.2, 0) is 6.42 Å². The zero-order chi connectivity index (χ0) is 9.80. The first-order chi connectivity index (χ1) is 6.90. The molecule has 1 aromatic heterocycles. The van der Waals surface area contributed by atoms with Gasteiger partial charge in [-0.05, 0) is 19.4 Å². The Hall–Kier alpha value is -1.34. The zero-order valence-electron chi connectivity index (χ0n) is 8.11. The molecule has 2 rings (SSSR count). The number of aromatic nitrogens is 2. The number of rotatable bonds is 2. The Morgan fingerprint density at radius 2 is 2.64 bits per heavy atom. The van der Waals surface area contributed by atoms with Crippen LogP contribution in [0.25, 0.3) is 0 Å². The van der Waals surface area contributed by atoms with Crippen LogP contribution in [0.2, 0.25) is 0 Å². The third-order valence-corrected chi connectivity index (χ3v) is 2.58. The number of hydrogen-bond donors (Lipinski definition) is 1. The first-order valence-corrected chi connectivity index (χ1v) is 5.01. The van der Waals surface area contributed by atoms with Gasteiger partial charge in [0.15, 0.2) is 0 Å². The third kappa shape index (κ3) is 1.94. The molecule has 1 aliphatic heterocycles. The lowest BCUT2D eigenvalue weighted by molar-refractivity contribution is 0.346. The summed E-state index contributed by atoms with van der Waals surface area (Å²) >= 11 is 0. The van der Waals surface area contributed by atoms with Crippen molar-refractivity contribution >= 4 is 0 Å². The molecule has 1 atom stereocenters. The molecule has 1 aliphatic rings. The summed E-state index contributed by atoms with van der Waals surface area (Å²) in [5, 5.41) is 16.2. The van der Waals surface area contributed by atoms with E-state index in [0.29, 0.717) is 12.5 Å². The van der Waals surface area contributed by atoms with Crippen molar-refractivity contribution in [2.45, 2.75) is 25.3 Å². The van der Waals surface area contributed by atoms with Gasteiger partial charge in [0.25, 0.3) is 0 Å². The predicted octanol–water partition coefficient (Wildman–Crippen LogP) is 0.874. The maximum absolute atomic E-state index is 8.54. The minimum Gasteiger partial charge on any atom is -0.315 e. The number of hydrogen-bond acceptors (Lipinski definition) is 3. The molecule has 0 aliphatic carbocycles. The fourth-order valence-corrected chi connectivity index (χ4v) is 1.82. The third-order valence-electron chi connectivity index (χ3n) is 2.58. The van der Waals surface area contributed by atoms with Gasteiger partial charge in [-0.3, -0.25) is 4.68 Å². The standard InChI is InChI=1S/C10H14N4/c11-4-3-9-6-13-14(8-9)10-2-1-5-12-7-10/h6,8,10,12H,1-3,5,7H2. The van der Waals surface area contributed by atoms with Gasteiger partial charge in [0.2, 0.25) is 0 Å². The van der Waals surface area contributed by atoms with Crippen LogP contribution in [0.3, 0.4) is 0 Å². The van der Waals surface area contributed by atoms with E-state index in [0.717, 1.165) is 18.7 Å². The van der Waals surface area contributed by atoms with E-state index in [-0.39, 0.29) is 0 Å². The van der Waals surface area contributed by atoms with Crippen molar-refractivity contribution in [2.24, 2.45) is 0 Å². The summed E-state index contributed by atoms with van der Waals surface area (Å²) in [4.78, 5) is 0. The predicted molar refractivity (Wildman–Crippen MR) is 52.7 cm³/mol. The SMILES string of the molecule is N#CCc1cnn(C2CCCNC2)c1. The van der Waals surface area contributed by atoms with Crippen LogP contribution >= 0.6 is 0 Å². The van der Waals surface area contributed by atoms with E-state index in [1.165, 1.54) is 12.8 Å². The molecule has 1 aromatic rings. The Morgan fingerprint density at radius 1 is 1.71 bits per heavy atom. The molecule has 0 aromatic carbocycles. The number of nitrogens with one attached hydrogen (secondary N) is 1. The van der Waals surface area contributed by atoms with Crippen LogP contribution < -0.4 is 5.32 Å². The zero-order valence-corrected chi connectivity index (χ0v) is 8.11. The molecule has 0 radical (unpaired) electrons. The van der Waals surface area contributed by atoms with Crippen LogP contribution in [0.1, 0.15) is 24.4 Å². The van der Waals surface area contributed by atoms with Gasteiger partial charge in [0.1, 0.15) is 0 Å². The van der Waals surface area contributed by atoms with Gasteiger partial charge >= 0.3 is 0 Å². The highest BCUT2D eigenvalue weighted by atomic mass is 15.3. The van der Waals surface area contributed by atoms with E-state index in [9.17, 15) is 0 Å². The molecule has 0 bridgehead atoms. The van der Waals surface area contributed by atoms with Crippen molar-refractivity contribution in [1.29, 1.82) is 5.26 Å². The van der Waals surface area contributed by atoms with Gasteiger partial charge < -0.3 is 5.32 Å². The average molecular weight is 190 g/mol. The number of piperidine rings is 1. The molecule has 14 heavy (non-hydrogen) atoms. The van der Waals surface area contributed by atoms with E-state index in [4.69, 9.17) is 5.26 Å². The lowest BCUT2D eigenvalue weighted by Gasteiger charge is -2.22. The molecule has 1 N–H and O–H groups in total. The van der Waals surface area contributed by atoms with E-state index < -0.39 is 0 Å². The highest BCUT2D eigenvalue weighted by molar-refractivity contribution is 5.09. The van der Waals surface area contributed by atoms with Gasteiger partial charge in [0, 0.05) is 18.3 Å². The second-order valence-electron chi connectivity index (χ2n) is 3.66. The van der Waals surface area contributed by atoms with Gasteiger partial charge in [-0.1, -0.05) is 0 Å². The summed E-state index contributed by atoms with van der Waals surface area (Å²) in [6.07, 6.45) is 6.62. The molecule has 4 nitrogen and oxygen atoms in total. The smallest absolute Gasteiger partial charge is 0.0670 e. The number of nitrogens with zero attached hydrogens (tertiary/aromatic N) is 3. The minimum atomic E-state index is 0.458. The number of nitriles is 1. The second-order valence-corrected chi connectivity index (χ2v) is 3.66. The minimum absolute atomic E-state index is 0.458. The molecule has 1 saturated heterocycles. The van der Waals surface area contributed by atoms with Crippen molar-refractivity contribution in [3.63, 3.8) is 0 Å². The molecular formula is C10H14N4. The van der Waals surface area contributed by atoms with E-state index in [1.54, 1.807) is 6.20 Å². The molecule has 4 heteroatoms. The average Bonchev–Trinajstić information content (AvgIpc) is 2.68. The molecule has 0 amide bonds. The van der Waals surface area contributed by atoms with E-state index >= 15 is 0 Å². The first kappa shape index (κ1) is 9.22. The fourth-order valence-electron chi connectivity index (χ4n) is 1.82. The first-order valence-electron chi connectivity index (χ1n) is 5.01. The second kappa shape index (κ2) is 4.25. The normalized spacial score (nSPS) is 21.8. The Balaban J connectivity index is 2.04. The Labute approximate surface area is 83.5 Å². The Kier molecular flexibility index (Phi) is 2.80. The van der Waals surface area contributed by atoms with Gasteiger partial charge in [-0.15, -0.1) is 0 Å². The van der Waals surface area contributed by atoms with Crippen LogP contribution in [0.4, 0.5) is 0 Å². The van der Waals surface area contributed by atoms with Crippen LogP contribution in [0, 0.1) is 11.3 Å². The Morgan fingerprint density at radius 3 is 3.36 bits per heavy atom. The summed E-state index contributed by atoms with van der Waals surface area (Å²) in [5.41, 5.74) is 1.01. The van der Waals surface area contributed by atoms with Crippen molar-refractivity contribution in [2.75, 3.05) is 13.1 Å². The van der Waals surface area contributed by atoms with Crippen molar-refractivity contribution < 1.29 is 0 Å². The van der Waals surface area contributed by atoms with Crippen LogP contribution in [0.5, 0.6) is 0 Å². The summed E-state index contributed by atoms with van der Waals surface area (Å²) in [6, 6.07) is 2.60. The highest BCUT2D eigenvalue weighted by Crippen LogP contribution is 2.15. The fraction of sp³-hybridized carbons (Fsp3) is 0.600. The summed E-state index contributed by atoms with van der Waals surface area (Å²) in [7, 11) is 0.